The van der Waals surface area contributed by atoms with E-state index in [-0.39, 0.29) is 5.69 Å². The fourth-order valence-corrected chi connectivity index (χ4v) is 2.84. The van der Waals surface area contributed by atoms with Gasteiger partial charge in [0.2, 0.25) is 0 Å². The van der Waals surface area contributed by atoms with Crippen LogP contribution in [0.25, 0.3) is 10.6 Å². The molecule has 1 amide bonds. The summed E-state index contributed by atoms with van der Waals surface area (Å²) in [4.78, 5) is 24.7. The first-order chi connectivity index (χ1) is 11.6. The van der Waals surface area contributed by atoms with Gasteiger partial charge < -0.3 is 10.1 Å². The molecule has 0 bridgehead atoms. The lowest BCUT2D eigenvalue weighted by molar-refractivity contribution is -0.119. The van der Waals surface area contributed by atoms with Crippen molar-refractivity contribution in [1.82, 2.24) is 10.2 Å². The highest BCUT2D eigenvalue weighted by Crippen LogP contribution is 2.23. The highest BCUT2D eigenvalue weighted by atomic mass is 35.5. The summed E-state index contributed by atoms with van der Waals surface area (Å²) in [6.07, 6.45) is 0. The maximum atomic E-state index is 11.9. The largest absolute Gasteiger partial charge is 0.451 e. The van der Waals surface area contributed by atoms with E-state index in [2.05, 4.69) is 15.5 Å². The first kappa shape index (κ1) is 16.2. The van der Waals surface area contributed by atoms with Crippen LogP contribution in [0.1, 0.15) is 10.5 Å². The molecule has 0 unspecified atom stereocenters. The summed E-state index contributed by atoms with van der Waals surface area (Å²) in [5.74, 6) is -1.13. The number of benzene rings is 1. The lowest BCUT2D eigenvalue weighted by Gasteiger charge is -2.05. The fraction of sp³-hybridized carbons (Fsp3) is 0.0625. The van der Waals surface area contributed by atoms with Crippen LogP contribution in [0.4, 0.5) is 5.69 Å². The summed E-state index contributed by atoms with van der Waals surface area (Å²) >= 11 is 7.36. The highest BCUT2D eigenvalue weighted by Gasteiger charge is 2.15. The summed E-state index contributed by atoms with van der Waals surface area (Å²) in [7, 11) is 0. The zero-order valence-electron chi connectivity index (χ0n) is 12.3. The van der Waals surface area contributed by atoms with Gasteiger partial charge in [-0.2, -0.15) is 5.10 Å². The molecule has 0 atom stereocenters. The van der Waals surface area contributed by atoms with E-state index in [0.717, 1.165) is 10.6 Å². The Kier molecular flexibility index (Phi) is 4.93. The molecular weight excluding hydrogens is 350 g/mol. The predicted octanol–water partition coefficient (Wildman–Crippen LogP) is 3.59. The molecule has 0 saturated heterocycles. The number of anilines is 1. The van der Waals surface area contributed by atoms with Crippen molar-refractivity contribution in [3.8, 4) is 10.6 Å². The predicted molar refractivity (Wildman–Crippen MR) is 92.3 cm³/mol. The lowest BCUT2D eigenvalue weighted by atomic mass is 10.3. The van der Waals surface area contributed by atoms with Gasteiger partial charge in [-0.1, -0.05) is 23.7 Å². The van der Waals surface area contributed by atoms with Crippen molar-refractivity contribution in [3.05, 3.63) is 58.6 Å². The topological polar surface area (TPSA) is 84.1 Å². The van der Waals surface area contributed by atoms with Gasteiger partial charge in [0, 0.05) is 10.7 Å². The molecule has 2 heterocycles. The van der Waals surface area contributed by atoms with E-state index in [4.69, 9.17) is 16.3 Å². The van der Waals surface area contributed by atoms with Gasteiger partial charge in [0.25, 0.3) is 5.91 Å². The number of nitrogens with one attached hydrogen (secondary N) is 2. The van der Waals surface area contributed by atoms with Gasteiger partial charge >= 0.3 is 5.97 Å². The monoisotopic (exact) mass is 361 g/mol. The zero-order valence-corrected chi connectivity index (χ0v) is 13.9. The van der Waals surface area contributed by atoms with Gasteiger partial charge in [0.1, 0.15) is 0 Å². The summed E-state index contributed by atoms with van der Waals surface area (Å²) in [5.41, 5.74) is 1.37. The van der Waals surface area contributed by atoms with E-state index in [9.17, 15) is 9.59 Å². The zero-order chi connectivity index (χ0) is 16.9. The quantitative estimate of drug-likeness (QED) is 0.680. The molecule has 0 aliphatic carbocycles. The maximum Gasteiger partial charge on any atom is 0.359 e. The van der Waals surface area contributed by atoms with Crippen LogP contribution >= 0.6 is 22.9 Å². The van der Waals surface area contributed by atoms with Crippen molar-refractivity contribution in [2.75, 3.05) is 11.9 Å². The molecule has 2 N–H and O–H groups in total. The average molecular weight is 362 g/mol. The molecule has 0 spiro atoms. The third-order valence-corrected chi connectivity index (χ3v) is 4.15. The molecule has 3 rings (SSSR count). The Bertz CT molecular complexity index is 861. The minimum atomic E-state index is -0.671. The standard InChI is InChI=1S/C16H12ClN3O3S/c17-10-3-1-4-11(7-10)18-15(21)9-23-16(22)13-8-12(19-20-13)14-5-2-6-24-14/h1-8H,9H2,(H,18,21)(H,19,20). The smallest absolute Gasteiger partial charge is 0.359 e. The molecule has 122 valence electrons. The number of thiophene rings is 1. The Labute approximate surface area is 146 Å². The second-order valence-electron chi connectivity index (χ2n) is 4.78. The number of hydrogen-bond donors (Lipinski definition) is 2. The van der Waals surface area contributed by atoms with Gasteiger partial charge in [-0.15, -0.1) is 11.3 Å². The Balaban J connectivity index is 1.54. The number of hydrogen-bond acceptors (Lipinski definition) is 5. The normalized spacial score (nSPS) is 10.4. The SMILES string of the molecule is O=C(COC(=O)c1cc(-c2cccs2)[nH]n1)Nc1cccc(Cl)c1. The van der Waals surface area contributed by atoms with E-state index in [1.165, 1.54) is 11.3 Å². The van der Waals surface area contributed by atoms with Crippen LogP contribution in [0.5, 0.6) is 0 Å². The molecule has 0 aliphatic heterocycles. The van der Waals surface area contributed by atoms with E-state index >= 15 is 0 Å². The molecule has 24 heavy (non-hydrogen) atoms. The number of rotatable bonds is 5. The number of amides is 1. The Morgan fingerprint density at radius 3 is 2.88 bits per heavy atom. The Morgan fingerprint density at radius 1 is 1.25 bits per heavy atom. The second-order valence-corrected chi connectivity index (χ2v) is 6.16. The number of carbonyl (C=O) groups excluding carboxylic acids is 2. The minimum Gasteiger partial charge on any atom is -0.451 e. The van der Waals surface area contributed by atoms with Crippen LogP contribution in [0.3, 0.4) is 0 Å². The fourth-order valence-electron chi connectivity index (χ4n) is 1.95. The molecule has 0 saturated carbocycles. The molecule has 8 heteroatoms. The third kappa shape index (κ3) is 4.01. The minimum absolute atomic E-state index is 0.119. The number of aromatic amines is 1. The van der Waals surface area contributed by atoms with E-state index in [1.54, 1.807) is 30.3 Å². The van der Waals surface area contributed by atoms with Crippen LogP contribution in [0.2, 0.25) is 5.02 Å². The van der Waals surface area contributed by atoms with Crippen LogP contribution in [0.15, 0.2) is 47.8 Å². The van der Waals surface area contributed by atoms with Gasteiger partial charge in [0.15, 0.2) is 12.3 Å². The van der Waals surface area contributed by atoms with Crippen molar-refractivity contribution in [2.45, 2.75) is 0 Å². The lowest BCUT2D eigenvalue weighted by Crippen LogP contribution is -2.21. The van der Waals surface area contributed by atoms with Gasteiger partial charge in [-0.25, -0.2) is 4.79 Å². The third-order valence-electron chi connectivity index (χ3n) is 3.02. The van der Waals surface area contributed by atoms with E-state index < -0.39 is 18.5 Å². The molecule has 1 aromatic carbocycles. The number of nitrogens with zero attached hydrogens (tertiary/aromatic N) is 1. The molecule has 2 aromatic heterocycles. The maximum absolute atomic E-state index is 11.9. The van der Waals surface area contributed by atoms with Crippen molar-refractivity contribution in [3.63, 3.8) is 0 Å². The molecular formula is C16H12ClN3O3S. The van der Waals surface area contributed by atoms with Crippen LogP contribution < -0.4 is 5.32 Å². The first-order valence-electron chi connectivity index (χ1n) is 6.93. The van der Waals surface area contributed by atoms with Gasteiger partial charge in [0.05, 0.1) is 10.6 Å². The molecule has 0 radical (unpaired) electrons. The highest BCUT2D eigenvalue weighted by molar-refractivity contribution is 7.13. The number of halogens is 1. The number of carbonyl (C=O) groups is 2. The van der Waals surface area contributed by atoms with Gasteiger partial charge in [-0.3, -0.25) is 9.89 Å². The van der Waals surface area contributed by atoms with Crippen molar-refractivity contribution in [2.24, 2.45) is 0 Å². The first-order valence-corrected chi connectivity index (χ1v) is 8.19. The Morgan fingerprint density at radius 2 is 2.12 bits per heavy atom. The van der Waals surface area contributed by atoms with Crippen molar-refractivity contribution in [1.29, 1.82) is 0 Å². The van der Waals surface area contributed by atoms with Gasteiger partial charge in [-0.05, 0) is 35.7 Å². The molecule has 6 nitrogen and oxygen atoms in total. The van der Waals surface area contributed by atoms with Crippen LogP contribution in [0, 0.1) is 0 Å². The second kappa shape index (κ2) is 7.29. The van der Waals surface area contributed by atoms with E-state index in [1.807, 2.05) is 17.5 Å². The van der Waals surface area contributed by atoms with Crippen molar-refractivity contribution < 1.29 is 14.3 Å². The van der Waals surface area contributed by atoms with E-state index in [0.29, 0.717) is 10.7 Å². The molecule has 0 fully saturated rings. The molecule has 3 aromatic rings. The van der Waals surface area contributed by atoms with Crippen LogP contribution in [-0.4, -0.2) is 28.7 Å². The summed E-state index contributed by atoms with van der Waals surface area (Å²) in [6.45, 7) is -0.410. The number of esters is 1. The number of ether oxygens (including phenoxy) is 1. The van der Waals surface area contributed by atoms with Crippen LogP contribution in [-0.2, 0) is 9.53 Å². The Hall–Kier alpha value is -2.64. The average Bonchev–Trinajstić information content (AvgIpc) is 3.23. The molecule has 0 aliphatic rings. The van der Waals surface area contributed by atoms with Crippen molar-refractivity contribution >= 4 is 40.5 Å². The number of aromatic nitrogens is 2. The number of H-pyrrole nitrogens is 1. The summed E-state index contributed by atoms with van der Waals surface area (Å²) in [5, 5.41) is 11.7. The summed E-state index contributed by atoms with van der Waals surface area (Å²) in [6, 6.07) is 12.1. The summed E-state index contributed by atoms with van der Waals surface area (Å²) < 4.78 is 4.96.